The van der Waals surface area contributed by atoms with Crippen molar-refractivity contribution in [2.24, 2.45) is 0 Å². The summed E-state index contributed by atoms with van der Waals surface area (Å²) in [5, 5.41) is 11.3. The number of carboxylic acids is 1. The number of benzene rings is 1. The second kappa shape index (κ2) is 6.84. The Morgan fingerprint density at radius 1 is 1.47 bits per heavy atom. The highest BCUT2D eigenvalue weighted by Gasteiger charge is 2.20. The van der Waals surface area contributed by atoms with E-state index in [2.05, 4.69) is 5.32 Å². The summed E-state index contributed by atoms with van der Waals surface area (Å²) in [5.41, 5.74) is 0.745. The number of hydrogen-bond acceptors (Lipinski definition) is 3. The highest BCUT2D eigenvalue weighted by Crippen LogP contribution is 2.06. The fourth-order valence-corrected chi connectivity index (χ4v) is 1.75. The minimum atomic E-state index is -1.10. The Hall–Kier alpha value is -1.95. The predicted octanol–water partition coefficient (Wildman–Crippen LogP) is 0.847. The molecule has 1 aromatic rings. The standard InChI is InChI=1S/C13H17FN2O3/c1-9(17)15-12(13(18)19)8-16(2)7-10-4-3-5-11(14)6-10/h3-6,12H,7-8H2,1-2H3,(H,15,17)(H,18,19). The van der Waals surface area contributed by atoms with Crippen LogP contribution in [0.2, 0.25) is 0 Å². The van der Waals surface area contributed by atoms with Crippen molar-refractivity contribution in [3.63, 3.8) is 0 Å². The van der Waals surface area contributed by atoms with Crippen molar-refractivity contribution in [1.29, 1.82) is 0 Å². The van der Waals surface area contributed by atoms with E-state index in [0.29, 0.717) is 6.54 Å². The van der Waals surface area contributed by atoms with Gasteiger partial charge in [-0.2, -0.15) is 0 Å². The van der Waals surface area contributed by atoms with E-state index in [-0.39, 0.29) is 12.4 Å². The molecular weight excluding hydrogens is 251 g/mol. The van der Waals surface area contributed by atoms with Gasteiger partial charge >= 0.3 is 5.97 Å². The molecule has 1 rings (SSSR count). The number of amides is 1. The van der Waals surface area contributed by atoms with Crippen LogP contribution in [-0.4, -0.2) is 41.5 Å². The van der Waals surface area contributed by atoms with Crippen LogP contribution in [0.4, 0.5) is 4.39 Å². The highest BCUT2D eigenvalue weighted by molar-refractivity contribution is 5.82. The number of rotatable bonds is 6. The van der Waals surface area contributed by atoms with E-state index in [9.17, 15) is 14.0 Å². The molecule has 0 radical (unpaired) electrons. The van der Waals surface area contributed by atoms with E-state index < -0.39 is 17.9 Å². The lowest BCUT2D eigenvalue weighted by atomic mass is 10.2. The maximum Gasteiger partial charge on any atom is 0.327 e. The molecule has 0 saturated heterocycles. The second-order valence-corrected chi connectivity index (χ2v) is 4.42. The first-order valence-electron chi connectivity index (χ1n) is 5.81. The zero-order chi connectivity index (χ0) is 14.4. The van der Waals surface area contributed by atoms with Gasteiger partial charge in [-0.05, 0) is 24.7 Å². The van der Waals surface area contributed by atoms with Gasteiger partial charge in [0.1, 0.15) is 11.9 Å². The zero-order valence-electron chi connectivity index (χ0n) is 10.9. The zero-order valence-corrected chi connectivity index (χ0v) is 10.9. The Morgan fingerprint density at radius 3 is 2.68 bits per heavy atom. The Bertz CT molecular complexity index is 465. The van der Waals surface area contributed by atoms with E-state index in [1.807, 2.05) is 0 Å². The molecule has 6 heteroatoms. The van der Waals surface area contributed by atoms with E-state index in [4.69, 9.17) is 5.11 Å². The molecule has 5 nitrogen and oxygen atoms in total. The van der Waals surface area contributed by atoms with Crippen LogP contribution in [0.1, 0.15) is 12.5 Å². The van der Waals surface area contributed by atoms with Gasteiger partial charge in [0.15, 0.2) is 0 Å². The van der Waals surface area contributed by atoms with Gasteiger partial charge in [-0.25, -0.2) is 9.18 Å². The third kappa shape index (κ3) is 5.48. The van der Waals surface area contributed by atoms with Crippen molar-refractivity contribution < 1.29 is 19.1 Å². The smallest absolute Gasteiger partial charge is 0.327 e. The summed E-state index contributed by atoms with van der Waals surface area (Å²) in [4.78, 5) is 23.6. The highest BCUT2D eigenvalue weighted by atomic mass is 19.1. The normalized spacial score (nSPS) is 12.2. The van der Waals surface area contributed by atoms with Crippen LogP contribution in [-0.2, 0) is 16.1 Å². The molecule has 0 aliphatic carbocycles. The number of carbonyl (C=O) groups is 2. The largest absolute Gasteiger partial charge is 0.480 e. The SMILES string of the molecule is CC(=O)NC(CN(C)Cc1cccc(F)c1)C(=O)O. The predicted molar refractivity (Wildman–Crippen MR) is 68.0 cm³/mol. The Kier molecular flexibility index (Phi) is 5.44. The number of nitrogens with zero attached hydrogens (tertiary/aromatic N) is 1. The number of carbonyl (C=O) groups excluding carboxylic acids is 1. The van der Waals surface area contributed by atoms with Crippen LogP contribution < -0.4 is 5.32 Å². The average Bonchev–Trinajstić information content (AvgIpc) is 2.27. The van der Waals surface area contributed by atoms with Crippen molar-refractivity contribution in [3.05, 3.63) is 35.6 Å². The summed E-state index contributed by atoms with van der Waals surface area (Å²) in [6.45, 7) is 1.81. The summed E-state index contributed by atoms with van der Waals surface area (Å²) in [7, 11) is 1.71. The summed E-state index contributed by atoms with van der Waals surface area (Å²) >= 11 is 0. The Morgan fingerprint density at radius 2 is 2.16 bits per heavy atom. The molecule has 2 N–H and O–H groups in total. The van der Waals surface area contributed by atoms with Crippen LogP contribution in [0.5, 0.6) is 0 Å². The van der Waals surface area contributed by atoms with E-state index in [0.717, 1.165) is 5.56 Å². The number of likely N-dealkylation sites (N-methyl/N-ethyl adjacent to an activating group) is 1. The third-order valence-electron chi connectivity index (χ3n) is 2.51. The summed E-state index contributed by atoms with van der Waals surface area (Å²) in [5.74, 6) is -1.82. The van der Waals surface area contributed by atoms with Gasteiger partial charge in [-0.15, -0.1) is 0 Å². The van der Waals surface area contributed by atoms with Gasteiger partial charge in [-0.1, -0.05) is 12.1 Å². The Labute approximate surface area is 111 Å². The average molecular weight is 268 g/mol. The minimum Gasteiger partial charge on any atom is -0.480 e. The molecule has 0 aliphatic rings. The molecule has 0 aliphatic heterocycles. The molecule has 0 heterocycles. The molecule has 19 heavy (non-hydrogen) atoms. The molecule has 1 unspecified atom stereocenters. The minimum absolute atomic E-state index is 0.144. The molecule has 104 valence electrons. The number of halogens is 1. The fraction of sp³-hybridized carbons (Fsp3) is 0.385. The lowest BCUT2D eigenvalue weighted by Gasteiger charge is -2.21. The first-order chi connectivity index (χ1) is 8.88. The quantitative estimate of drug-likeness (QED) is 0.802. The van der Waals surface area contributed by atoms with Crippen molar-refractivity contribution >= 4 is 11.9 Å². The summed E-state index contributed by atoms with van der Waals surface area (Å²) in [6.07, 6.45) is 0. The fourth-order valence-electron chi connectivity index (χ4n) is 1.75. The molecule has 0 saturated carbocycles. The van der Waals surface area contributed by atoms with Gasteiger partial charge in [0.25, 0.3) is 0 Å². The van der Waals surface area contributed by atoms with Crippen LogP contribution >= 0.6 is 0 Å². The molecule has 0 bridgehead atoms. The first kappa shape index (κ1) is 15.1. The first-order valence-corrected chi connectivity index (χ1v) is 5.81. The number of carboxylic acid groups (broad SMARTS) is 1. The van der Waals surface area contributed by atoms with Crippen LogP contribution in [0.25, 0.3) is 0 Å². The molecular formula is C13H17FN2O3. The molecule has 0 fully saturated rings. The van der Waals surface area contributed by atoms with E-state index >= 15 is 0 Å². The van der Waals surface area contributed by atoms with Gasteiger partial charge in [0.2, 0.25) is 5.91 Å². The van der Waals surface area contributed by atoms with Crippen molar-refractivity contribution in [3.8, 4) is 0 Å². The molecule has 1 atom stereocenters. The molecule has 1 aromatic carbocycles. The number of aliphatic carboxylic acids is 1. The monoisotopic (exact) mass is 268 g/mol. The maximum atomic E-state index is 13.0. The van der Waals surface area contributed by atoms with Crippen LogP contribution in [0.15, 0.2) is 24.3 Å². The van der Waals surface area contributed by atoms with Crippen LogP contribution in [0, 0.1) is 5.82 Å². The third-order valence-corrected chi connectivity index (χ3v) is 2.51. The van der Waals surface area contributed by atoms with Crippen LogP contribution in [0.3, 0.4) is 0 Å². The maximum absolute atomic E-state index is 13.0. The summed E-state index contributed by atoms with van der Waals surface area (Å²) in [6, 6.07) is 5.12. The van der Waals surface area contributed by atoms with Crippen molar-refractivity contribution in [2.75, 3.05) is 13.6 Å². The van der Waals surface area contributed by atoms with Gasteiger partial charge in [0, 0.05) is 20.0 Å². The molecule has 0 aromatic heterocycles. The van der Waals surface area contributed by atoms with E-state index in [1.165, 1.54) is 19.1 Å². The van der Waals surface area contributed by atoms with Crippen molar-refractivity contribution in [2.45, 2.75) is 19.5 Å². The summed E-state index contributed by atoms with van der Waals surface area (Å²) < 4.78 is 13.0. The van der Waals surface area contributed by atoms with Gasteiger partial charge in [-0.3, -0.25) is 9.69 Å². The molecule has 0 spiro atoms. The number of hydrogen-bond donors (Lipinski definition) is 2. The number of nitrogens with one attached hydrogen (secondary N) is 1. The Balaban J connectivity index is 2.59. The van der Waals surface area contributed by atoms with Gasteiger partial charge in [0.05, 0.1) is 0 Å². The molecule has 1 amide bonds. The topological polar surface area (TPSA) is 69.6 Å². The second-order valence-electron chi connectivity index (χ2n) is 4.42. The lowest BCUT2D eigenvalue weighted by molar-refractivity contribution is -0.142. The van der Waals surface area contributed by atoms with E-state index in [1.54, 1.807) is 24.1 Å². The lowest BCUT2D eigenvalue weighted by Crippen LogP contribution is -2.46. The van der Waals surface area contributed by atoms with Gasteiger partial charge < -0.3 is 10.4 Å². The van der Waals surface area contributed by atoms with Crippen molar-refractivity contribution in [1.82, 2.24) is 10.2 Å².